The number of rotatable bonds is 9. The number of hydrogen-bond donors (Lipinski definition) is 4. The third-order valence-electron chi connectivity index (χ3n) is 2.69. The SMILES string of the molecule is COCCC(C)(C)CNC(=O)N[C@H](CC(=O)O)C(=O)O. The van der Waals surface area contributed by atoms with E-state index in [0.29, 0.717) is 13.2 Å². The average Bonchev–Trinajstić information content (AvgIpc) is 2.33. The highest BCUT2D eigenvalue weighted by molar-refractivity contribution is 5.86. The molecule has 8 nitrogen and oxygen atoms in total. The molecule has 8 heteroatoms. The summed E-state index contributed by atoms with van der Waals surface area (Å²) in [4.78, 5) is 32.8. The topological polar surface area (TPSA) is 125 Å². The third-order valence-corrected chi connectivity index (χ3v) is 2.69. The van der Waals surface area contributed by atoms with Crippen molar-refractivity contribution in [3.05, 3.63) is 0 Å². The van der Waals surface area contributed by atoms with Gasteiger partial charge in [0, 0.05) is 20.3 Å². The van der Waals surface area contributed by atoms with Gasteiger partial charge in [-0.05, 0) is 11.8 Å². The first-order valence-corrected chi connectivity index (χ1v) is 6.16. The van der Waals surface area contributed by atoms with Crippen molar-refractivity contribution in [2.24, 2.45) is 5.41 Å². The van der Waals surface area contributed by atoms with Gasteiger partial charge >= 0.3 is 18.0 Å². The number of hydrogen-bond acceptors (Lipinski definition) is 4. The van der Waals surface area contributed by atoms with Crippen LogP contribution < -0.4 is 10.6 Å². The van der Waals surface area contributed by atoms with Crippen molar-refractivity contribution in [3.8, 4) is 0 Å². The number of methoxy groups -OCH3 is 1. The van der Waals surface area contributed by atoms with Gasteiger partial charge in [0.2, 0.25) is 0 Å². The van der Waals surface area contributed by atoms with Crippen molar-refractivity contribution in [2.75, 3.05) is 20.3 Å². The molecular weight excluding hydrogens is 268 g/mol. The second-order valence-corrected chi connectivity index (χ2v) is 5.22. The smallest absolute Gasteiger partial charge is 0.326 e. The number of carbonyl (C=O) groups is 3. The molecule has 20 heavy (non-hydrogen) atoms. The van der Waals surface area contributed by atoms with Crippen molar-refractivity contribution in [2.45, 2.75) is 32.7 Å². The van der Waals surface area contributed by atoms with Crippen molar-refractivity contribution < 1.29 is 29.3 Å². The third kappa shape index (κ3) is 8.30. The van der Waals surface area contributed by atoms with Gasteiger partial charge in [0.25, 0.3) is 0 Å². The van der Waals surface area contributed by atoms with E-state index in [1.165, 1.54) is 0 Å². The first-order valence-electron chi connectivity index (χ1n) is 6.16. The average molecular weight is 290 g/mol. The monoisotopic (exact) mass is 290 g/mol. The zero-order chi connectivity index (χ0) is 15.8. The van der Waals surface area contributed by atoms with Crippen LogP contribution in [0.3, 0.4) is 0 Å². The number of amides is 2. The van der Waals surface area contributed by atoms with Crippen molar-refractivity contribution in [1.82, 2.24) is 10.6 Å². The minimum absolute atomic E-state index is 0.209. The van der Waals surface area contributed by atoms with Gasteiger partial charge in [-0.2, -0.15) is 0 Å². The van der Waals surface area contributed by atoms with Crippen molar-refractivity contribution in [1.29, 1.82) is 0 Å². The molecule has 116 valence electrons. The lowest BCUT2D eigenvalue weighted by atomic mass is 9.90. The van der Waals surface area contributed by atoms with Gasteiger partial charge in [-0.1, -0.05) is 13.8 Å². The van der Waals surface area contributed by atoms with Gasteiger partial charge in [0.15, 0.2) is 0 Å². The molecule has 0 saturated carbocycles. The Morgan fingerprint density at radius 1 is 1.25 bits per heavy atom. The number of aliphatic carboxylic acids is 2. The van der Waals surface area contributed by atoms with Gasteiger partial charge in [-0.3, -0.25) is 4.79 Å². The maximum absolute atomic E-state index is 11.6. The lowest BCUT2D eigenvalue weighted by molar-refractivity contribution is -0.145. The van der Waals surface area contributed by atoms with E-state index in [4.69, 9.17) is 14.9 Å². The molecule has 0 spiro atoms. The quantitative estimate of drug-likeness (QED) is 0.483. The highest BCUT2D eigenvalue weighted by Crippen LogP contribution is 2.18. The van der Waals surface area contributed by atoms with Crippen LogP contribution in [-0.2, 0) is 14.3 Å². The van der Waals surface area contributed by atoms with Crippen LogP contribution in [0, 0.1) is 5.41 Å². The summed E-state index contributed by atoms with van der Waals surface area (Å²) >= 11 is 0. The first-order chi connectivity index (χ1) is 9.18. The molecule has 0 radical (unpaired) electrons. The Morgan fingerprint density at radius 3 is 2.30 bits per heavy atom. The molecule has 0 bridgehead atoms. The predicted molar refractivity (Wildman–Crippen MR) is 70.5 cm³/mol. The Labute approximate surface area is 117 Å². The summed E-state index contributed by atoms with van der Waals surface area (Å²) in [6.45, 7) is 4.73. The Hall–Kier alpha value is -1.83. The summed E-state index contributed by atoms with van der Waals surface area (Å²) in [6.07, 6.45) is 0.0527. The molecule has 0 unspecified atom stereocenters. The van der Waals surface area contributed by atoms with E-state index in [1.54, 1.807) is 7.11 Å². The molecule has 4 N–H and O–H groups in total. The fraction of sp³-hybridized carbons (Fsp3) is 0.750. The fourth-order valence-electron chi connectivity index (χ4n) is 1.37. The molecule has 2 amide bonds. The fourth-order valence-corrected chi connectivity index (χ4v) is 1.37. The standard InChI is InChI=1S/C12H22N2O6/c1-12(2,4-5-20-3)7-13-11(19)14-8(10(17)18)6-9(15)16/h8H,4-7H2,1-3H3,(H,15,16)(H,17,18)(H2,13,14,19)/t8-/m1/s1. The molecule has 0 fully saturated rings. The summed E-state index contributed by atoms with van der Waals surface area (Å²) in [5, 5.41) is 22.0. The molecule has 0 aromatic heterocycles. The first kappa shape index (κ1) is 18.2. The van der Waals surface area contributed by atoms with E-state index < -0.39 is 30.4 Å². The highest BCUT2D eigenvalue weighted by Gasteiger charge is 2.24. The summed E-state index contributed by atoms with van der Waals surface area (Å²) in [5.74, 6) is -2.68. The molecule has 0 aliphatic heterocycles. The van der Waals surface area contributed by atoms with Gasteiger partial charge in [0.05, 0.1) is 6.42 Å². The van der Waals surface area contributed by atoms with Crippen LogP contribution in [0.15, 0.2) is 0 Å². The molecule has 0 saturated heterocycles. The summed E-state index contributed by atoms with van der Waals surface area (Å²) in [7, 11) is 1.58. The Balaban J connectivity index is 4.26. The van der Waals surface area contributed by atoms with Crippen molar-refractivity contribution in [3.63, 3.8) is 0 Å². The Bertz CT molecular complexity index is 356. The summed E-state index contributed by atoms with van der Waals surface area (Å²) in [5.41, 5.74) is -0.209. The predicted octanol–water partition coefficient (Wildman–Crippen LogP) is 0.276. The molecule has 0 aliphatic carbocycles. The van der Waals surface area contributed by atoms with Crippen LogP contribution in [0.1, 0.15) is 26.7 Å². The number of carboxylic acid groups (broad SMARTS) is 2. The van der Waals surface area contributed by atoms with Gasteiger partial charge in [0.1, 0.15) is 6.04 Å². The van der Waals surface area contributed by atoms with E-state index in [1.807, 2.05) is 13.8 Å². The highest BCUT2D eigenvalue weighted by atomic mass is 16.5. The number of carbonyl (C=O) groups excluding carboxylic acids is 1. The molecule has 0 heterocycles. The minimum atomic E-state index is -1.45. The molecular formula is C12H22N2O6. The number of nitrogens with one attached hydrogen (secondary N) is 2. The molecule has 0 rings (SSSR count). The van der Waals surface area contributed by atoms with Crippen LogP contribution in [0.5, 0.6) is 0 Å². The second kappa shape index (κ2) is 8.36. The normalized spacial score (nSPS) is 12.6. The van der Waals surface area contributed by atoms with E-state index in [2.05, 4.69) is 10.6 Å². The zero-order valence-corrected chi connectivity index (χ0v) is 11.9. The van der Waals surface area contributed by atoms with E-state index in [-0.39, 0.29) is 5.41 Å². The van der Waals surface area contributed by atoms with Gasteiger partial charge in [-0.15, -0.1) is 0 Å². The number of urea groups is 1. The summed E-state index contributed by atoms with van der Waals surface area (Å²) < 4.78 is 4.95. The lowest BCUT2D eigenvalue weighted by Gasteiger charge is -2.25. The van der Waals surface area contributed by atoms with Gasteiger partial charge in [-0.25, -0.2) is 9.59 Å². The lowest BCUT2D eigenvalue weighted by Crippen LogP contribution is -2.48. The van der Waals surface area contributed by atoms with E-state index >= 15 is 0 Å². The van der Waals surface area contributed by atoms with Crippen molar-refractivity contribution >= 4 is 18.0 Å². The summed E-state index contributed by atoms with van der Waals surface area (Å²) in [6, 6.07) is -2.15. The van der Waals surface area contributed by atoms with Crippen LogP contribution in [0.25, 0.3) is 0 Å². The number of carboxylic acids is 2. The minimum Gasteiger partial charge on any atom is -0.481 e. The maximum atomic E-state index is 11.6. The largest absolute Gasteiger partial charge is 0.481 e. The van der Waals surface area contributed by atoms with Gasteiger partial charge < -0.3 is 25.6 Å². The second-order valence-electron chi connectivity index (χ2n) is 5.22. The van der Waals surface area contributed by atoms with Crippen LogP contribution in [-0.4, -0.2) is 54.5 Å². The van der Waals surface area contributed by atoms with Crippen LogP contribution in [0.4, 0.5) is 4.79 Å². The van der Waals surface area contributed by atoms with Crippen LogP contribution in [0.2, 0.25) is 0 Å². The Kier molecular flexibility index (Phi) is 7.60. The molecule has 1 atom stereocenters. The molecule has 0 aromatic rings. The zero-order valence-electron chi connectivity index (χ0n) is 11.9. The number of ether oxygens (including phenoxy) is 1. The Morgan fingerprint density at radius 2 is 1.85 bits per heavy atom. The maximum Gasteiger partial charge on any atom is 0.326 e. The van der Waals surface area contributed by atoms with Crippen LogP contribution >= 0.6 is 0 Å². The molecule has 0 aromatic carbocycles. The van der Waals surface area contributed by atoms with E-state index in [0.717, 1.165) is 6.42 Å². The molecule has 0 aliphatic rings. The van der Waals surface area contributed by atoms with E-state index in [9.17, 15) is 14.4 Å².